The van der Waals surface area contributed by atoms with Crippen LogP contribution in [0.2, 0.25) is 0 Å². The van der Waals surface area contributed by atoms with Crippen molar-refractivity contribution in [3.05, 3.63) is 88.4 Å². The summed E-state index contributed by atoms with van der Waals surface area (Å²) in [6.07, 6.45) is 0. The van der Waals surface area contributed by atoms with Crippen molar-refractivity contribution in [1.82, 2.24) is 9.78 Å². The van der Waals surface area contributed by atoms with Gasteiger partial charge in [0.15, 0.2) is 0 Å². The van der Waals surface area contributed by atoms with Crippen molar-refractivity contribution >= 4 is 5.97 Å². The second-order valence-corrected chi connectivity index (χ2v) is 6.59. The van der Waals surface area contributed by atoms with Gasteiger partial charge in [0, 0.05) is 0 Å². The summed E-state index contributed by atoms with van der Waals surface area (Å²) in [6, 6.07) is 18.6. The predicted molar refractivity (Wildman–Crippen MR) is 105 cm³/mol. The lowest BCUT2D eigenvalue weighted by Gasteiger charge is -2.25. The van der Waals surface area contributed by atoms with Crippen LogP contribution in [0, 0.1) is 18.3 Å². The second-order valence-electron chi connectivity index (χ2n) is 6.59. The molecule has 2 heterocycles. The van der Waals surface area contributed by atoms with E-state index in [4.69, 9.17) is 15.2 Å². The van der Waals surface area contributed by atoms with Crippen LogP contribution in [0.25, 0.3) is 5.69 Å². The minimum Gasteiger partial charge on any atom is -0.465 e. The first-order valence-corrected chi connectivity index (χ1v) is 8.96. The zero-order chi connectivity index (χ0) is 20.5. The van der Waals surface area contributed by atoms with Gasteiger partial charge in [-0.2, -0.15) is 10.4 Å². The quantitative estimate of drug-likeness (QED) is 0.694. The van der Waals surface area contributed by atoms with Crippen molar-refractivity contribution < 1.29 is 14.3 Å². The molecule has 1 atom stereocenters. The van der Waals surface area contributed by atoms with Gasteiger partial charge < -0.3 is 15.2 Å². The van der Waals surface area contributed by atoms with Crippen molar-refractivity contribution in [2.45, 2.75) is 12.8 Å². The van der Waals surface area contributed by atoms with Gasteiger partial charge in [0.05, 0.1) is 35.5 Å². The Morgan fingerprint density at radius 2 is 1.90 bits per heavy atom. The Bertz CT molecular complexity index is 1160. The third kappa shape index (κ3) is 3.01. The maximum absolute atomic E-state index is 11.7. The number of aromatic nitrogens is 2. The molecule has 0 unspecified atom stereocenters. The molecule has 3 aromatic rings. The number of allylic oxidation sites excluding steroid dienone is 1. The fourth-order valence-corrected chi connectivity index (χ4v) is 3.52. The molecule has 7 heteroatoms. The Morgan fingerprint density at radius 3 is 2.52 bits per heavy atom. The predicted octanol–water partition coefficient (Wildman–Crippen LogP) is 3.19. The molecule has 0 amide bonds. The Hall–Kier alpha value is -4.05. The molecule has 1 aliphatic heterocycles. The number of para-hydroxylation sites is 1. The molecule has 2 aromatic carbocycles. The van der Waals surface area contributed by atoms with Crippen LogP contribution >= 0.6 is 0 Å². The average Bonchev–Trinajstić information content (AvgIpc) is 3.08. The van der Waals surface area contributed by atoms with Crippen LogP contribution in [0.1, 0.15) is 33.1 Å². The number of esters is 1. The van der Waals surface area contributed by atoms with Crippen molar-refractivity contribution in [2.75, 3.05) is 7.11 Å². The fourth-order valence-electron chi connectivity index (χ4n) is 3.52. The van der Waals surface area contributed by atoms with Gasteiger partial charge in [-0.1, -0.05) is 30.3 Å². The fraction of sp³-hybridized carbons (Fsp3) is 0.136. The van der Waals surface area contributed by atoms with Gasteiger partial charge in [-0.05, 0) is 36.8 Å². The highest BCUT2D eigenvalue weighted by Crippen LogP contribution is 2.44. The number of nitrogens with zero attached hydrogens (tertiary/aromatic N) is 3. The molecule has 0 saturated heterocycles. The number of rotatable bonds is 3. The van der Waals surface area contributed by atoms with E-state index in [2.05, 4.69) is 11.2 Å². The maximum Gasteiger partial charge on any atom is 0.337 e. The topological polar surface area (TPSA) is 103 Å². The SMILES string of the molecule is COC(=O)c1ccc([C@H]2C(C#N)=C(N)Oc3c2c(C)nn3-c2ccccc2)cc1. The standard InChI is InChI=1S/C22H18N4O3/c1-13-18-19(14-8-10-15(11-9-14)22(27)28-2)17(12-23)20(24)29-21(18)26(25-13)16-6-4-3-5-7-16/h3-11,19H,24H2,1-2H3/t19-/m0/s1. The van der Waals surface area contributed by atoms with Crippen LogP contribution in [-0.2, 0) is 4.74 Å². The van der Waals surface area contributed by atoms with Gasteiger partial charge in [-0.25, -0.2) is 9.48 Å². The molecule has 7 nitrogen and oxygen atoms in total. The van der Waals surface area contributed by atoms with Crippen LogP contribution < -0.4 is 10.5 Å². The van der Waals surface area contributed by atoms with Crippen LogP contribution in [0.4, 0.5) is 0 Å². The van der Waals surface area contributed by atoms with Crippen molar-refractivity contribution in [3.63, 3.8) is 0 Å². The lowest BCUT2D eigenvalue weighted by atomic mass is 9.84. The first-order valence-electron chi connectivity index (χ1n) is 8.96. The number of hydrogen-bond acceptors (Lipinski definition) is 6. The van der Waals surface area contributed by atoms with Crippen molar-refractivity contribution in [2.24, 2.45) is 5.73 Å². The summed E-state index contributed by atoms with van der Waals surface area (Å²) in [5.74, 6) is -0.355. The van der Waals surface area contributed by atoms with E-state index in [1.807, 2.05) is 37.3 Å². The zero-order valence-electron chi connectivity index (χ0n) is 15.9. The van der Waals surface area contributed by atoms with E-state index in [0.29, 0.717) is 17.0 Å². The molecule has 0 saturated carbocycles. The number of fused-ring (bicyclic) bond motifs is 1. The lowest BCUT2D eigenvalue weighted by molar-refractivity contribution is 0.0600. The molecule has 0 aliphatic carbocycles. The Balaban J connectivity index is 1.88. The smallest absolute Gasteiger partial charge is 0.337 e. The van der Waals surface area contributed by atoms with E-state index >= 15 is 0 Å². The number of methoxy groups -OCH3 is 1. The molecular weight excluding hydrogens is 368 g/mol. The Morgan fingerprint density at radius 1 is 1.21 bits per heavy atom. The second kappa shape index (κ2) is 7.17. The van der Waals surface area contributed by atoms with E-state index < -0.39 is 11.9 Å². The average molecular weight is 386 g/mol. The van der Waals surface area contributed by atoms with Crippen molar-refractivity contribution in [3.8, 4) is 17.6 Å². The van der Waals surface area contributed by atoms with E-state index in [1.165, 1.54) is 7.11 Å². The minimum atomic E-state index is -0.451. The minimum absolute atomic E-state index is 0.0409. The number of carbonyl (C=O) groups is 1. The first-order chi connectivity index (χ1) is 14.0. The van der Waals surface area contributed by atoms with Crippen LogP contribution in [-0.4, -0.2) is 22.9 Å². The van der Waals surface area contributed by atoms with Crippen LogP contribution in [0.15, 0.2) is 66.1 Å². The summed E-state index contributed by atoms with van der Waals surface area (Å²) >= 11 is 0. The molecule has 0 fully saturated rings. The number of aryl methyl sites for hydroxylation is 1. The van der Waals surface area contributed by atoms with E-state index in [-0.39, 0.29) is 5.88 Å². The summed E-state index contributed by atoms with van der Waals surface area (Å²) in [5, 5.41) is 14.4. The van der Waals surface area contributed by atoms with Crippen LogP contribution in [0.5, 0.6) is 5.88 Å². The molecule has 1 aromatic heterocycles. The van der Waals surface area contributed by atoms with Gasteiger partial charge in [-0.3, -0.25) is 0 Å². The van der Waals surface area contributed by atoms with Gasteiger partial charge in [0.2, 0.25) is 11.8 Å². The van der Waals surface area contributed by atoms with E-state index in [9.17, 15) is 10.1 Å². The maximum atomic E-state index is 11.7. The summed E-state index contributed by atoms with van der Waals surface area (Å²) < 4.78 is 12.3. The summed E-state index contributed by atoms with van der Waals surface area (Å²) in [4.78, 5) is 11.7. The molecule has 29 heavy (non-hydrogen) atoms. The number of carbonyl (C=O) groups excluding carboxylic acids is 1. The van der Waals surface area contributed by atoms with Gasteiger partial charge >= 0.3 is 5.97 Å². The third-order valence-corrected chi connectivity index (χ3v) is 4.90. The molecular formula is C22H18N4O3. The summed E-state index contributed by atoms with van der Waals surface area (Å²) in [5.41, 5.74) is 9.96. The molecule has 0 bridgehead atoms. The lowest BCUT2D eigenvalue weighted by Crippen LogP contribution is -2.22. The summed E-state index contributed by atoms with van der Waals surface area (Å²) in [7, 11) is 1.33. The highest BCUT2D eigenvalue weighted by molar-refractivity contribution is 5.89. The Kier molecular flexibility index (Phi) is 4.53. The van der Waals surface area contributed by atoms with Crippen molar-refractivity contribution in [1.29, 1.82) is 5.26 Å². The highest BCUT2D eigenvalue weighted by Gasteiger charge is 2.36. The third-order valence-electron chi connectivity index (χ3n) is 4.90. The van der Waals surface area contributed by atoms with Gasteiger partial charge in [0.25, 0.3) is 0 Å². The number of nitriles is 1. The van der Waals surface area contributed by atoms with Crippen LogP contribution in [0.3, 0.4) is 0 Å². The molecule has 0 radical (unpaired) electrons. The van der Waals surface area contributed by atoms with E-state index in [1.54, 1.807) is 28.9 Å². The monoisotopic (exact) mass is 386 g/mol. The molecule has 0 spiro atoms. The number of benzene rings is 2. The largest absolute Gasteiger partial charge is 0.465 e. The summed E-state index contributed by atoms with van der Waals surface area (Å²) in [6.45, 7) is 1.87. The highest BCUT2D eigenvalue weighted by atomic mass is 16.5. The molecule has 1 aliphatic rings. The van der Waals surface area contributed by atoms with Gasteiger partial charge in [-0.15, -0.1) is 0 Å². The first kappa shape index (κ1) is 18.3. The number of ether oxygens (including phenoxy) is 2. The zero-order valence-corrected chi connectivity index (χ0v) is 15.9. The molecule has 144 valence electrons. The van der Waals surface area contributed by atoms with Gasteiger partial charge in [0.1, 0.15) is 11.6 Å². The van der Waals surface area contributed by atoms with E-state index in [0.717, 1.165) is 22.5 Å². The Labute approximate surface area is 167 Å². The number of nitrogens with two attached hydrogens (primary N) is 1. The normalized spacial score (nSPS) is 15.3. The number of hydrogen-bond donors (Lipinski definition) is 1. The molecule has 2 N–H and O–H groups in total. The molecule has 4 rings (SSSR count).